The highest BCUT2D eigenvalue weighted by Crippen LogP contribution is 2.27. The maximum Gasteiger partial charge on any atom is 0.387 e. The number of piperidine rings is 2. The monoisotopic (exact) mass is 390 g/mol. The molecule has 0 bridgehead atoms. The van der Waals surface area contributed by atoms with Crippen LogP contribution in [-0.2, 0) is 14.8 Å². The maximum atomic E-state index is 12.8. The van der Waals surface area contributed by atoms with Crippen molar-refractivity contribution in [2.45, 2.75) is 56.9 Å². The molecule has 3 rings (SSSR count). The molecule has 0 N–H and O–H groups in total. The average Bonchev–Trinajstić information content (AvgIpc) is 2.62. The van der Waals surface area contributed by atoms with Crippen molar-refractivity contribution in [2.75, 3.05) is 26.2 Å². The van der Waals surface area contributed by atoms with E-state index in [1.165, 1.54) is 31.1 Å². The molecule has 0 aromatic carbocycles. The van der Waals surface area contributed by atoms with Gasteiger partial charge in [0.2, 0.25) is 10.0 Å². The van der Waals surface area contributed by atoms with Crippen LogP contribution in [0.3, 0.4) is 0 Å². The molecule has 5 nitrogen and oxygen atoms in total. The van der Waals surface area contributed by atoms with Crippen LogP contribution in [0.25, 0.3) is 0 Å². The zero-order chi connectivity index (χ0) is 18.7. The fourth-order valence-corrected chi connectivity index (χ4v) is 5.92. The van der Waals surface area contributed by atoms with Crippen molar-refractivity contribution >= 4 is 10.0 Å². The second-order valence-electron chi connectivity index (χ2n) is 7.54. The Morgan fingerprint density at radius 3 is 2.50 bits per heavy atom. The first kappa shape index (κ1) is 19.8. The Morgan fingerprint density at radius 2 is 1.92 bits per heavy atom. The highest BCUT2D eigenvalue weighted by molar-refractivity contribution is 7.89. The van der Waals surface area contributed by atoms with Crippen LogP contribution in [-0.4, -0.2) is 61.7 Å². The predicted molar refractivity (Wildman–Crippen MR) is 96.2 cm³/mol. The molecule has 0 amide bonds. The van der Waals surface area contributed by atoms with Crippen molar-refractivity contribution in [3.63, 3.8) is 0 Å². The van der Waals surface area contributed by atoms with E-state index in [0.29, 0.717) is 25.0 Å². The van der Waals surface area contributed by atoms with E-state index in [4.69, 9.17) is 0 Å². The van der Waals surface area contributed by atoms with E-state index in [1.54, 1.807) is 4.31 Å². The molecule has 8 heteroatoms. The van der Waals surface area contributed by atoms with E-state index in [1.807, 2.05) is 0 Å². The van der Waals surface area contributed by atoms with Gasteiger partial charge in [0.25, 0.3) is 0 Å². The summed E-state index contributed by atoms with van der Waals surface area (Å²) in [6, 6.07) is 0.469. The zero-order valence-electron chi connectivity index (χ0n) is 15.2. The molecule has 2 fully saturated rings. The standard InChI is InChI=1S/C18H28F2N2O3S/c1-14-3-2-10-21(13-14)15-8-11-22(12-9-15)26(23,24)17-6-4-16(5-7-17)25-18(19)20/h4-6,14-15,17-18H,2-3,7-13H2,1H3. The Labute approximate surface area is 154 Å². The number of sulfonamides is 1. The Morgan fingerprint density at radius 1 is 1.19 bits per heavy atom. The van der Waals surface area contributed by atoms with Crippen LogP contribution in [0.4, 0.5) is 8.78 Å². The number of nitrogens with zero attached hydrogens (tertiary/aromatic N) is 2. The highest BCUT2D eigenvalue weighted by Gasteiger charge is 2.35. The summed E-state index contributed by atoms with van der Waals surface area (Å²) < 4.78 is 56.0. The van der Waals surface area contributed by atoms with Gasteiger partial charge in [0.1, 0.15) is 5.76 Å². The summed E-state index contributed by atoms with van der Waals surface area (Å²) >= 11 is 0. The van der Waals surface area contributed by atoms with E-state index in [2.05, 4.69) is 16.6 Å². The summed E-state index contributed by atoms with van der Waals surface area (Å²) in [6.07, 6.45) is 8.62. The molecular formula is C18H28F2N2O3S. The van der Waals surface area contributed by atoms with Gasteiger partial charge >= 0.3 is 6.61 Å². The van der Waals surface area contributed by atoms with Gasteiger partial charge < -0.3 is 9.64 Å². The average molecular weight is 390 g/mol. The summed E-state index contributed by atoms with van der Waals surface area (Å²) in [4.78, 5) is 2.52. The van der Waals surface area contributed by atoms with E-state index in [-0.39, 0.29) is 12.2 Å². The van der Waals surface area contributed by atoms with Crippen molar-refractivity contribution in [1.82, 2.24) is 9.21 Å². The van der Waals surface area contributed by atoms with Crippen molar-refractivity contribution in [2.24, 2.45) is 5.92 Å². The molecular weight excluding hydrogens is 362 g/mol. The molecule has 2 aliphatic heterocycles. The van der Waals surface area contributed by atoms with E-state index in [0.717, 1.165) is 25.9 Å². The fraction of sp³-hybridized carbons (Fsp3) is 0.778. The molecule has 2 heterocycles. The lowest BCUT2D eigenvalue weighted by Crippen LogP contribution is -2.50. The van der Waals surface area contributed by atoms with Gasteiger partial charge in [-0.25, -0.2) is 12.7 Å². The molecule has 0 saturated carbocycles. The van der Waals surface area contributed by atoms with Crippen LogP contribution in [0.15, 0.2) is 24.0 Å². The summed E-state index contributed by atoms with van der Waals surface area (Å²) in [5.41, 5.74) is 0. The third-order valence-corrected chi connectivity index (χ3v) is 7.82. The normalized spacial score (nSPS) is 29.8. The largest absolute Gasteiger partial charge is 0.435 e. The third kappa shape index (κ3) is 4.64. The number of allylic oxidation sites excluding steroid dienone is 2. The number of likely N-dealkylation sites (tertiary alicyclic amines) is 1. The predicted octanol–water partition coefficient (Wildman–Crippen LogP) is 2.96. The quantitative estimate of drug-likeness (QED) is 0.724. The summed E-state index contributed by atoms with van der Waals surface area (Å²) in [6.45, 7) is 2.68. The maximum absolute atomic E-state index is 12.8. The van der Waals surface area contributed by atoms with Crippen LogP contribution >= 0.6 is 0 Å². The Balaban J connectivity index is 1.54. The van der Waals surface area contributed by atoms with Gasteiger partial charge in [0, 0.05) is 25.7 Å². The van der Waals surface area contributed by atoms with Gasteiger partial charge in [-0.3, -0.25) is 0 Å². The van der Waals surface area contributed by atoms with Crippen LogP contribution in [0, 0.1) is 5.92 Å². The van der Waals surface area contributed by atoms with Crippen LogP contribution in [0.1, 0.15) is 39.0 Å². The van der Waals surface area contributed by atoms with Crippen molar-refractivity contribution < 1.29 is 21.9 Å². The molecule has 26 heavy (non-hydrogen) atoms. The number of ether oxygens (including phenoxy) is 1. The van der Waals surface area contributed by atoms with Gasteiger partial charge in [0.15, 0.2) is 0 Å². The van der Waals surface area contributed by atoms with Crippen molar-refractivity contribution in [1.29, 1.82) is 0 Å². The lowest BCUT2D eigenvalue weighted by atomic mass is 9.96. The Bertz CT molecular complexity index is 643. The Hall–Kier alpha value is -0.990. The van der Waals surface area contributed by atoms with Gasteiger partial charge in [-0.15, -0.1) is 0 Å². The summed E-state index contributed by atoms with van der Waals surface area (Å²) in [7, 11) is -3.46. The SMILES string of the molecule is CC1CCCN(C2CCN(S(=O)(=O)C3C=CC(OC(F)F)=CC3)CC2)C1. The van der Waals surface area contributed by atoms with Crippen LogP contribution in [0.5, 0.6) is 0 Å². The smallest absolute Gasteiger partial charge is 0.387 e. The zero-order valence-corrected chi connectivity index (χ0v) is 16.0. The minimum absolute atomic E-state index is 0.0318. The van der Waals surface area contributed by atoms with Crippen molar-refractivity contribution in [3.8, 4) is 0 Å². The topological polar surface area (TPSA) is 49.9 Å². The molecule has 2 saturated heterocycles. The summed E-state index contributed by atoms with van der Waals surface area (Å²) in [5.74, 6) is 0.749. The molecule has 2 unspecified atom stereocenters. The summed E-state index contributed by atoms with van der Waals surface area (Å²) in [5, 5.41) is -0.695. The number of alkyl halides is 2. The Kier molecular flexibility index (Phi) is 6.35. The minimum atomic E-state index is -3.46. The first-order valence-electron chi connectivity index (χ1n) is 9.42. The van der Waals surface area contributed by atoms with Gasteiger partial charge in [-0.05, 0) is 56.7 Å². The van der Waals surface area contributed by atoms with Gasteiger partial charge in [0.05, 0.1) is 5.25 Å². The van der Waals surface area contributed by atoms with Gasteiger partial charge in [-0.2, -0.15) is 8.78 Å². The molecule has 0 radical (unpaired) electrons. The minimum Gasteiger partial charge on any atom is -0.435 e. The van der Waals surface area contributed by atoms with E-state index < -0.39 is 21.9 Å². The molecule has 0 aromatic rings. The second-order valence-corrected chi connectivity index (χ2v) is 9.69. The van der Waals surface area contributed by atoms with E-state index in [9.17, 15) is 17.2 Å². The molecule has 3 aliphatic rings. The number of hydrogen-bond acceptors (Lipinski definition) is 4. The van der Waals surface area contributed by atoms with Crippen molar-refractivity contribution in [3.05, 3.63) is 24.0 Å². The van der Waals surface area contributed by atoms with Gasteiger partial charge in [-0.1, -0.05) is 13.0 Å². The first-order valence-corrected chi connectivity index (χ1v) is 10.9. The lowest BCUT2D eigenvalue weighted by Gasteiger charge is -2.41. The molecule has 1 aliphatic carbocycles. The molecule has 2 atom stereocenters. The van der Waals surface area contributed by atoms with E-state index >= 15 is 0 Å². The molecule has 148 valence electrons. The molecule has 0 spiro atoms. The third-order valence-electron chi connectivity index (χ3n) is 5.62. The first-order chi connectivity index (χ1) is 12.4. The number of hydrogen-bond donors (Lipinski definition) is 0. The molecule has 0 aromatic heterocycles. The lowest BCUT2D eigenvalue weighted by molar-refractivity contribution is -0.0924. The van der Waals surface area contributed by atoms with Crippen LogP contribution < -0.4 is 0 Å². The second kappa shape index (κ2) is 8.35. The number of rotatable bonds is 5. The fourth-order valence-electron chi connectivity index (χ4n) is 4.20. The number of halogens is 2. The highest BCUT2D eigenvalue weighted by atomic mass is 32.2. The van der Waals surface area contributed by atoms with Crippen LogP contribution in [0.2, 0.25) is 0 Å².